The van der Waals surface area contributed by atoms with E-state index in [1.54, 1.807) is 0 Å². The van der Waals surface area contributed by atoms with Crippen molar-refractivity contribution in [3.05, 3.63) is 65.7 Å². The second-order valence-corrected chi connectivity index (χ2v) is 5.93. The number of rotatable bonds is 5. The second-order valence-electron chi connectivity index (χ2n) is 5.93. The molecule has 0 bridgehead atoms. The molecule has 1 aliphatic heterocycles. The lowest BCUT2D eigenvalue weighted by molar-refractivity contribution is -0.116. The second kappa shape index (κ2) is 8.70. The van der Waals surface area contributed by atoms with Crippen molar-refractivity contribution in [2.45, 2.75) is 19.3 Å². The molecule has 1 amide bonds. The van der Waals surface area contributed by atoms with Crippen LogP contribution in [0.3, 0.4) is 0 Å². The molecule has 3 rings (SSSR count). The van der Waals surface area contributed by atoms with Crippen LogP contribution in [0.1, 0.15) is 24.0 Å². The summed E-state index contributed by atoms with van der Waals surface area (Å²) < 4.78 is 0. The van der Waals surface area contributed by atoms with Crippen LogP contribution in [0.2, 0.25) is 0 Å². The summed E-state index contributed by atoms with van der Waals surface area (Å²) in [6.45, 7) is 1.99. The molecule has 0 radical (unpaired) electrons. The van der Waals surface area contributed by atoms with Crippen molar-refractivity contribution in [2.75, 3.05) is 18.4 Å². The first-order valence-corrected chi connectivity index (χ1v) is 7.93. The van der Waals surface area contributed by atoms with Gasteiger partial charge in [0.2, 0.25) is 5.91 Å². The largest absolute Gasteiger partial charge is 0.326 e. The summed E-state index contributed by atoms with van der Waals surface area (Å²) in [4.78, 5) is 12.2. The predicted octanol–water partition coefficient (Wildman–Crippen LogP) is 3.64. The summed E-state index contributed by atoms with van der Waals surface area (Å²) in [5.74, 6) is 0.593. The molecule has 1 atom stereocenters. The van der Waals surface area contributed by atoms with Crippen molar-refractivity contribution in [3.8, 4) is 0 Å². The van der Waals surface area contributed by atoms with E-state index in [4.69, 9.17) is 0 Å². The van der Waals surface area contributed by atoms with Gasteiger partial charge in [-0.25, -0.2) is 0 Å². The van der Waals surface area contributed by atoms with Crippen molar-refractivity contribution in [3.63, 3.8) is 0 Å². The van der Waals surface area contributed by atoms with Crippen LogP contribution < -0.4 is 10.6 Å². The number of para-hydroxylation sites is 1. The lowest BCUT2D eigenvalue weighted by Crippen LogP contribution is -2.19. The van der Waals surface area contributed by atoms with E-state index in [1.165, 1.54) is 5.56 Å². The third-order valence-corrected chi connectivity index (χ3v) is 4.17. The number of amides is 1. The maximum Gasteiger partial charge on any atom is 0.224 e. The molecule has 1 unspecified atom stereocenters. The molecule has 1 aliphatic rings. The van der Waals surface area contributed by atoms with Crippen molar-refractivity contribution < 1.29 is 4.79 Å². The third-order valence-electron chi connectivity index (χ3n) is 4.17. The van der Waals surface area contributed by atoms with Gasteiger partial charge in [-0.3, -0.25) is 4.79 Å². The van der Waals surface area contributed by atoms with E-state index < -0.39 is 0 Å². The first-order chi connectivity index (χ1) is 10.8. The van der Waals surface area contributed by atoms with E-state index in [1.807, 2.05) is 36.4 Å². The Morgan fingerprint density at radius 1 is 1.09 bits per heavy atom. The Bertz CT molecular complexity index is 624. The smallest absolute Gasteiger partial charge is 0.224 e. The Hall–Kier alpha value is -1.84. The zero-order valence-corrected chi connectivity index (χ0v) is 13.9. The molecule has 0 saturated carbocycles. The highest BCUT2D eigenvalue weighted by atomic mass is 35.5. The van der Waals surface area contributed by atoms with Crippen LogP contribution in [0, 0.1) is 5.92 Å². The molecule has 0 aromatic heterocycles. The van der Waals surface area contributed by atoms with Gasteiger partial charge in [0.15, 0.2) is 0 Å². The van der Waals surface area contributed by atoms with Gasteiger partial charge in [-0.15, -0.1) is 12.4 Å². The van der Waals surface area contributed by atoms with Gasteiger partial charge in [-0.2, -0.15) is 0 Å². The summed E-state index contributed by atoms with van der Waals surface area (Å²) in [7, 11) is 0. The summed E-state index contributed by atoms with van der Waals surface area (Å²) in [6, 6.07) is 18.4. The first kappa shape index (κ1) is 17.5. The fourth-order valence-electron chi connectivity index (χ4n) is 2.96. The van der Waals surface area contributed by atoms with E-state index >= 15 is 0 Å². The SMILES string of the molecule is Cl.O=C(CC1CCNC1)Nc1ccccc1Cc1ccccc1. The third kappa shape index (κ3) is 5.08. The van der Waals surface area contributed by atoms with Crippen LogP contribution in [0.25, 0.3) is 0 Å². The summed E-state index contributed by atoms with van der Waals surface area (Å²) in [5.41, 5.74) is 3.35. The normalized spacial score (nSPS) is 16.6. The number of benzene rings is 2. The topological polar surface area (TPSA) is 41.1 Å². The summed E-state index contributed by atoms with van der Waals surface area (Å²) in [5, 5.41) is 6.40. The lowest BCUT2D eigenvalue weighted by atomic mass is 10.0. The van der Waals surface area contributed by atoms with Crippen LogP contribution in [-0.2, 0) is 11.2 Å². The van der Waals surface area contributed by atoms with E-state index in [0.29, 0.717) is 12.3 Å². The average Bonchev–Trinajstić information content (AvgIpc) is 3.03. The van der Waals surface area contributed by atoms with Gasteiger partial charge in [0.05, 0.1) is 0 Å². The first-order valence-electron chi connectivity index (χ1n) is 7.93. The molecule has 2 N–H and O–H groups in total. The maximum absolute atomic E-state index is 12.2. The molecular formula is C19H23ClN2O. The van der Waals surface area contributed by atoms with Crippen molar-refractivity contribution >= 4 is 24.0 Å². The van der Waals surface area contributed by atoms with Gasteiger partial charge < -0.3 is 10.6 Å². The Kier molecular flexibility index (Phi) is 6.63. The Labute approximate surface area is 143 Å². The lowest BCUT2D eigenvalue weighted by Gasteiger charge is -2.13. The molecule has 23 heavy (non-hydrogen) atoms. The number of hydrogen-bond acceptors (Lipinski definition) is 2. The molecule has 1 fully saturated rings. The Balaban J connectivity index is 0.00000192. The number of anilines is 1. The zero-order valence-electron chi connectivity index (χ0n) is 13.1. The van der Waals surface area contributed by atoms with Crippen LogP contribution in [0.4, 0.5) is 5.69 Å². The highest BCUT2D eigenvalue weighted by Gasteiger charge is 2.18. The van der Waals surface area contributed by atoms with Crippen LogP contribution in [-0.4, -0.2) is 19.0 Å². The minimum atomic E-state index is 0. The Morgan fingerprint density at radius 3 is 2.57 bits per heavy atom. The maximum atomic E-state index is 12.2. The fourth-order valence-corrected chi connectivity index (χ4v) is 2.96. The van der Waals surface area contributed by atoms with Gasteiger partial charge in [-0.1, -0.05) is 48.5 Å². The van der Waals surface area contributed by atoms with Crippen LogP contribution >= 0.6 is 12.4 Å². The monoisotopic (exact) mass is 330 g/mol. The van der Waals surface area contributed by atoms with Crippen molar-refractivity contribution in [1.29, 1.82) is 0 Å². The molecule has 0 spiro atoms. The number of carbonyl (C=O) groups is 1. The number of halogens is 1. The van der Waals surface area contributed by atoms with Crippen LogP contribution in [0.15, 0.2) is 54.6 Å². The summed E-state index contributed by atoms with van der Waals surface area (Å²) in [6.07, 6.45) is 2.54. The predicted molar refractivity (Wildman–Crippen MR) is 97.2 cm³/mol. The molecule has 122 valence electrons. The standard InChI is InChI=1S/C19H22N2O.ClH/c22-19(13-16-10-11-20-14-16)21-18-9-5-4-8-17(18)12-15-6-2-1-3-7-15;/h1-9,16,20H,10-14H2,(H,21,22);1H. The van der Waals surface area contributed by atoms with Gasteiger partial charge in [0, 0.05) is 12.1 Å². The molecule has 1 saturated heterocycles. The zero-order chi connectivity index (χ0) is 15.2. The molecular weight excluding hydrogens is 308 g/mol. The minimum absolute atomic E-state index is 0. The highest BCUT2D eigenvalue weighted by Crippen LogP contribution is 2.20. The van der Waals surface area contributed by atoms with E-state index in [0.717, 1.165) is 37.2 Å². The average molecular weight is 331 g/mol. The van der Waals surface area contributed by atoms with E-state index in [2.05, 4.69) is 28.8 Å². The molecule has 1 heterocycles. The fraction of sp³-hybridized carbons (Fsp3) is 0.316. The molecule has 2 aromatic rings. The van der Waals surface area contributed by atoms with Crippen molar-refractivity contribution in [2.24, 2.45) is 5.92 Å². The molecule has 3 nitrogen and oxygen atoms in total. The Morgan fingerprint density at radius 2 is 1.83 bits per heavy atom. The number of hydrogen-bond donors (Lipinski definition) is 2. The quantitative estimate of drug-likeness (QED) is 0.878. The van der Waals surface area contributed by atoms with Gasteiger partial charge in [0.1, 0.15) is 0 Å². The number of nitrogens with one attached hydrogen (secondary N) is 2. The van der Waals surface area contributed by atoms with E-state index in [9.17, 15) is 4.79 Å². The van der Waals surface area contributed by atoms with Crippen LogP contribution in [0.5, 0.6) is 0 Å². The summed E-state index contributed by atoms with van der Waals surface area (Å²) >= 11 is 0. The van der Waals surface area contributed by atoms with Gasteiger partial charge >= 0.3 is 0 Å². The number of carbonyl (C=O) groups excluding carboxylic acids is 1. The minimum Gasteiger partial charge on any atom is -0.326 e. The van der Waals surface area contributed by atoms with Gasteiger partial charge in [0.25, 0.3) is 0 Å². The van der Waals surface area contributed by atoms with Crippen molar-refractivity contribution in [1.82, 2.24) is 5.32 Å². The molecule has 2 aromatic carbocycles. The molecule has 4 heteroatoms. The van der Waals surface area contributed by atoms with E-state index in [-0.39, 0.29) is 18.3 Å². The highest BCUT2D eigenvalue weighted by molar-refractivity contribution is 5.91. The molecule has 0 aliphatic carbocycles. The van der Waals surface area contributed by atoms with Gasteiger partial charge in [-0.05, 0) is 49.0 Å².